The summed E-state index contributed by atoms with van der Waals surface area (Å²) in [5.74, 6) is -6.21. The van der Waals surface area contributed by atoms with Gasteiger partial charge >= 0.3 is 18.0 Å². The first-order valence-corrected chi connectivity index (χ1v) is 32.2. The standard InChI is InChI=1S/C66H95ClN10O18/c1-38(2)58(72-54(79)24-27-91-29-30-92-28-25-69-60(83)46(21-22-56(81)82)71-53(78)23-26-77-45(37-74(9)68-8)34-44-18-14-15-19-47(44)77)61(84)70-41(5)62(85)75(10)42(6)63(86)94-52-35-55(80)76(11)48-32-43(33-49(89-12)57(48)67)31-39(3)17-16-20-51(90-13)66(88)36-50(93-64(87)73-66)40(4)59-65(52,7)95-59/h14-20,32-34,38,40-42,46,50-52,58-59,68,88H,21-31,35-37H2,1-13H3,(H,69,83)(H,70,84)(H,71,78)(H,72,79)(H,73,87)(H,81,82)/b20-16+,39-17+/t40-,41+,42+,46+,50+,51-,52+,58+,59+,65+,66+/m1/s1. The molecule has 2 fully saturated rings. The highest BCUT2D eigenvalue weighted by atomic mass is 35.5. The van der Waals surface area contributed by atoms with Gasteiger partial charge in [-0.1, -0.05) is 74.4 Å². The van der Waals surface area contributed by atoms with Crippen molar-refractivity contribution >= 4 is 81.7 Å². The van der Waals surface area contributed by atoms with E-state index in [0.717, 1.165) is 32.6 Å². The number of alkyl carbamates (subject to hydrolysis) is 1. The Labute approximate surface area is 559 Å². The van der Waals surface area contributed by atoms with Crippen LogP contribution in [0.3, 0.4) is 0 Å². The van der Waals surface area contributed by atoms with E-state index in [4.69, 9.17) is 44.8 Å². The zero-order valence-electron chi connectivity index (χ0n) is 56.5. The molecular formula is C66H95ClN10O18. The molecule has 4 heterocycles. The summed E-state index contributed by atoms with van der Waals surface area (Å²) in [6.45, 7) is 12.7. The number of nitrogens with one attached hydrogen (secondary N) is 6. The van der Waals surface area contributed by atoms with Crippen molar-refractivity contribution in [2.45, 2.75) is 166 Å². The number of rotatable bonds is 30. The molecule has 2 saturated heterocycles. The number of hydrogen-bond donors (Lipinski definition) is 8. The number of hydrogen-bond acceptors (Lipinski definition) is 19. The molecule has 0 unspecified atom stereocenters. The predicted octanol–water partition coefficient (Wildman–Crippen LogP) is 3.66. The third-order valence-electron chi connectivity index (χ3n) is 17.4. The average molecular weight is 1350 g/mol. The van der Waals surface area contributed by atoms with Gasteiger partial charge in [-0.05, 0) is 88.7 Å². The number of allylic oxidation sites excluding steroid dienone is 3. The molecule has 0 aliphatic carbocycles. The number of para-hydroxylation sites is 1. The largest absolute Gasteiger partial charge is 0.495 e. The molecule has 3 aromatic rings. The number of aliphatic carboxylic acids is 1. The first kappa shape index (κ1) is 76.3. The summed E-state index contributed by atoms with van der Waals surface area (Å²) < 4.78 is 42.7. The molecule has 4 bridgehead atoms. The number of esters is 1. The van der Waals surface area contributed by atoms with Crippen molar-refractivity contribution in [2.75, 3.05) is 80.3 Å². The molecule has 524 valence electrons. The number of ether oxygens (including phenoxy) is 7. The fraction of sp³-hybridized carbons (Fsp3) is 0.591. The van der Waals surface area contributed by atoms with E-state index in [-0.39, 0.29) is 70.1 Å². The molecule has 3 aliphatic heterocycles. The van der Waals surface area contributed by atoms with Crippen molar-refractivity contribution in [1.82, 2.24) is 46.5 Å². The Hall–Kier alpha value is -7.70. The number of aromatic nitrogens is 1. The lowest BCUT2D eigenvalue weighted by molar-refractivity contribution is -0.162. The number of likely N-dealkylation sites (N-methyl/N-ethyl adjacent to an activating group) is 1. The summed E-state index contributed by atoms with van der Waals surface area (Å²) in [5.41, 5.74) is 3.63. The van der Waals surface area contributed by atoms with Crippen LogP contribution in [0.5, 0.6) is 5.75 Å². The van der Waals surface area contributed by atoms with Gasteiger partial charge in [-0.25, -0.2) is 14.6 Å². The van der Waals surface area contributed by atoms with Crippen LogP contribution in [-0.2, 0) is 86.3 Å². The lowest BCUT2D eigenvalue weighted by Crippen LogP contribution is -2.63. The van der Waals surface area contributed by atoms with Crippen LogP contribution in [-0.4, -0.2) is 213 Å². The zero-order chi connectivity index (χ0) is 70.1. The normalized spacial score (nSPS) is 23.5. The molecular weight excluding hydrogens is 1260 g/mol. The number of benzene rings is 2. The van der Waals surface area contributed by atoms with Crippen molar-refractivity contribution < 1.29 is 86.5 Å². The Morgan fingerprint density at radius 3 is 2.28 bits per heavy atom. The number of fused-ring (bicyclic) bond motifs is 6. The highest BCUT2D eigenvalue weighted by molar-refractivity contribution is 6.35. The Bertz CT molecular complexity index is 3290. The van der Waals surface area contributed by atoms with E-state index in [1.54, 1.807) is 52.0 Å². The van der Waals surface area contributed by atoms with E-state index in [1.807, 2.05) is 60.9 Å². The maximum Gasteiger partial charge on any atom is 0.409 e. The quantitative estimate of drug-likeness (QED) is 0.0204. The highest BCUT2D eigenvalue weighted by Gasteiger charge is 2.64. The van der Waals surface area contributed by atoms with Crippen LogP contribution in [0.15, 0.2) is 66.3 Å². The van der Waals surface area contributed by atoms with Crippen molar-refractivity contribution in [1.29, 1.82) is 0 Å². The molecule has 0 spiro atoms. The molecule has 6 rings (SSSR count). The number of carbonyl (C=O) groups is 9. The molecule has 29 heteroatoms. The lowest BCUT2D eigenvalue weighted by atomic mass is 9.83. The monoisotopic (exact) mass is 1350 g/mol. The van der Waals surface area contributed by atoms with Gasteiger partial charge in [0.25, 0.3) is 0 Å². The summed E-state index contributed by atoms with van der Waals surface area (Å²) in [7, 11) is 9.43. The number of halogens is 1. The third kappa shape index (κ3) is 20.7. The van der Waals surface area contributed by atoms with Gasteiger partial charge in [0.1, 0.15) is 58.9 Å². The van der Waals surface area contributed by atoms with E-state index >= 15 is 0 Å². The number of carbonyl (C=O) groups excluding carboxylic acids is 8. The number of methoxy groups -OCH3 is 2. The predicted molar refractivity (Wildman–Crippen MR) is 350 cm³/mol. The number of carboxylic acids is 1. The van der Waals surface area contributed by atoms with Gasteiger partial charge in [0.15, 0.2) is 5.72 Å². The van der Waals surface area contributed by atoms with E-state index < -0.39 is 132 Å². The number of anilines is 1. The van der Waals surface area contributed by atoms with Crippen LogP contribution in [0, 0.1) is 11.8 Å². The number of nitrogens with zero attached hydrogens (tertiary/aromatic N) is 4. The van der Waals surface area contributed by atoms with Crippen LogP contribution < -0.4 is 41.6 Å². The Kier molecular flexibility index (Phi) is 28.0. The van der Waals surface area contributed by atoms with Gasteiger partial charge in [0.2, 0.25) is 35.4 Å². The Balaban J connectivity index is 0.981. The molecule has 95 heavy (non-hydrogen) atoms. The molecule has 1 aromatic heterocycles. The topological polar surface area (TPSA) is 349 Å². The summed E-state index contributed by atoms with van der Waals surface area (Å²) in [6.07, 6.45) is -0.587. The molecule has 0 saturated carbocycles. The average Bonchev–Trinajstić information content (AvgIpc) is 1.60. The summed E-state index contributed by atoms with van der Waals surface area (Å²) in [6, 6.07) is 8.68. The lowest BCUT2D eigenvalue weighted by Gasteiger charge is -2.42. The first-order valence-electron chi connectivity index (χ1n) is 31.8. The second-order valence-electron chi connectivity index (χ2n) is 24.9. The maximum atomic E-state index is 14.5. The minimum absolute atomic E-state index is 0.0387. The Morgan fingerprint density at radius 1 is 0.916 bits per heavy atom. The van der Waals surface area contributed by atoms with Crippen molar-refractivity contribution in [3.05, 3.63) is 82.5 Å². The minimum atomic E-state index is -1.92. The maximum absolute atomic E-state index is 14.5. The smallest absolute Gasteiger partial charge is 0.409 e. The van der Waals surface area contributed by atoms with Crippen LogP contribution in [0.4, 0.5) is 10.5 Å². The number of carboxylic acid groups (broad SMARTS) is 1. The molecule has 8 N–H and O–H groups in total. The van der Waals surface area contributed by atoms with Gasteiger partial charge in [-0.15, -0.1) is 0 Å². The molecule has 7 amide bonds. The van der Waals surface area contributed by atoms with Gasteiger partial charge in [-0.2, -0.15) is 0 Å². The number of epoxide rings is 1. The summed E-state index contributed by atoms with van der Waals surface area (Å²) in [4.78, 5) is 123. The van der Waals surface area contributed by atoms with Crippen molar-refractivity contribution in [3.8, 4) is 5.75 Å². The van der Waals surface area contributed by atoms with Gasteiger partial charge in [0.05, 0.1) is 58.3 Å². The third-order valence-corrected chi connectivity index (χ3v) is 17.8. The van der Waals surface area contributed by atoms with E-state index in [2.05, 4.69) is 38.1 Å². The number of hydrazine groups is 1. The molecule has 2 aromatic carbocycles. The molecule has 28 nitrogen and oxygen atoms in total. The van der Waals surface area contributed by atoms with Crippen molar-refractivity contribution in [2.24, 2.45) is 11.8 Å². The van der Waals surface area contributed by atoms with E-state index in [1.165, 1.54) is 47.1 Å². The van der Waals surface area contributed by atoms with Crippen LogP contribution in [0.1, 0.15) is 98.2 Å². The second kappa shape index (κ2) is 34.8. The number of amides is 7. The number of aryl methyl sites for hydroxylation is 1. The van der Waals surface area contributed by atoms with E-state index in [0.29, 0.717) is 30.9 Å². The van der Waals surface area contributed by atoms with E-state index in [9.17, 15) is 53.4 Å². The van der Waals surface area contributed by atoms with Crippen LogP contribution in [0.2, 0.25) is 5.02 Å². The fourth-order valence-corrected chi connectivity index (χ4v) is 11.8. The zero-order valence-corrected chi connectivity index (χ0v) is 57.3. The molecule has 3 aliphatic rings. The minimum Gasteiger partial charge on any atom is -0.495 e. The van der Waals surface area contributed by atoms with Crippen LogP contribution >= 0.6 is 11.6 Å². The van der Waals surface area contributed by atoms with Gasteiger partial charge in [-0.3, -0.25) is 44.3 Å². The first-order chi connectivity index (χ1) is 44.9. The molecule has 11 atom stereocenters. The van der Waals surface area contributed by atoms with Gasteiger partial charge < -0.3 is 79.0 Å². The van der Waals surface area contributed by atoms with Crippen LogP contribution in [0.25, 0.3) is 10.9 Å². The highest BCUT2D eigenvalue weighted by Crippen LogP contribution is 2.49. The number of aliphatic hydroxyl groups is 1. The fourth-order valence-electron chi connectivity index (χ4n) is 11.5. The summed E-state index contributed by atoms with van der Waals surface area (Å²) >= 11 is 6.84. The Morgan fingerprint density at radius 2 is 1.61 bits per heavy atom. The van der Waals surface area contributed by atoms with Gasteiger partial charge in [0, 0.05) is 84.2 Å². The molecule has 0 radical (unpaired) electrons. The summed E-state index contributed by atoms with van der Waals surface area (Å²) in [5, 5.41) is 37.6. The second-order valence-corrected chi connectivity index (χ2v) is 25.2. The SMILES string of the molecule is CNN(C)Cc1cc2ccccc2n1CCC(=O)N[C@@H](CCC(=O)O)C(=O)NCCOCCOCCC(=O)N[C@H](C(=O)N[C@@H](C)C(=O)N(C)[C@@H](C)C(=O)O[C@H]1CC(=O)N(C)c2cc(cc(OC)c2Cl)C/C(C)=C/C=C/[C@@H](OC)[C@@]2(O)C[C@H](OC(=O)N2)[C@@H](C)[C@@H]2O[C@@]12C)C(C)C. The van der Waals surface area contributed by atoms with Crippen molar-refractivity contribution in [3.63, 3.8) is 0 Å².